The van der Waals surface area contributed by atoms with Crippen LogP contribution in [0.5, 0.6) is 11.5 Å². The molecule has 0 fully saturated rings. The summed E-state index contributed by atoms with van der Waals surface area (Å²) in [5.74, 6) is -0.798. The first kappa shape index (κ1) is 14.9. The third-order valence-corrected chi connectivity index (χ3v) is 3.12. The van der Waals surface area contributed by atoms with Crippen LogP contribution in [0, 0.1) is 0 Å². The van der Waals surface area contributed by atoms with Crippen molar-refractivity contribution in [3.05, 3.63) is 59.7 Å². The second-order valence-corrected chi connectivity index (χ2v) is 4.70. The molecular formula is C16H18N2O3. The number of nitrogens with zero attached hydrogens (tertiary/aromatic N) is 1. The molecule has 0 unspecified atom stereocenters. The number of nitrogens with two attached hydrogens (primary N) is 1. The molecule has 0 spiro atoms. The molecule has 0 radical (unpaired) electrons. The minimum absolute atomic E-state index is 0.236. The van der Waals surface area contributed by atoms with Gasteiger partial charge in [0, 0.05) is 25.2 Å². The SMILES string of the molecule is NCCN(Cc1ccccc1)C(=O)c1ccc(O)c(O)c1. The van der Waals surface area contributed by atoms with Crippen LogP contribution in [0.2, 0.25) is 0 Å². The smallest absolute Gasteiger partial charge is 0.254 e. The molecule has 0 saturated carbocycles. The zero-order valence-electron chi connectivity index (χ0n) is 11.6. The minimum Gasteiger partial charge on any atom is -0.504 e. The van der Waals surface area contributed by atoms with Gasteiger partial charge in [0.1, 0.15) is 0 Å². The molecule has 4 N–H and O–H groups in total. The summed E-state index contributed by atoms with van der Waals surface area (Å²) in [5, 5.41) is 18.8. The molecular weight excluding hydrogens is 268 g/mol. The highest BCUT2D eigenvalue weighted by atomic mass is 16.3. The van der Waals surface area contributed by atoms with E-state index in [2.05, 4.69) is 0 Å². The van der Waals surface area contributed by atoms with Crippen molar-refractivity contribution in [2.75, 3.05) is 13.1 Å². The Bertz CT molecular complexity index is 614. The van der Waals surface area contributed by atoms with Crippen LogP contribution in [0.3, 0.4) is 0 Å². The number of benzene rings is 2. The van der Waals surface area contributed by atoms with Gasteiger partial charge >= 0.3 is 0 Å². The summed E-state index contributed by atoms with van der Waals surface area (Å²) in [6.45, 7) is 1.20. The van der Waals surface area contributed by atoms with Crippen molar-refractivity contribution in [2.45, 2.75) is 6.54 Å². The highest BCUT2D eigenvalue weighted by Crippen LogP contribution is 2.25. The van der Waals surface area contributed by atoms with Gasteiger partial charge in [-0.2, -0.15) is 0 Å². The summed E-state index contributed by atoms with van der Waals surface area (Å²) in [6, 6.07) is 13.6. The van der Waals surface area contributed by atoms with Crippen molar-refractivity contribution >= 4 is 5.91 Å². The first-order valence-electron chi connectivity index (χ1n) is 6.67. The van der Waals surface area contributed by atoms with Gasteiger partial charge in [0.05, 0.1) is 0 Å². The van der Waals surface area contributed by atoms with E-state index in [1.807, 2.05) is 30.3 Å². The molecule has 5 heteroatoms. The van der Waals surface area contributed by atoms with Gasteiger partial charge in [-0.1, -0.05) is 30.3 Å². The van der Waals surface area contributed by atoms with Crippen molar-refractivity contribution < 1.29 is 15.0 Å². The lowest BCUT2D eigenvalue weighted by Gasteiger charge is -2.22. The van der Waals surface area contributed by atoms with E-state index in [4.69, 9.17) is 5.73 Å². The second-order valence-electron chi connectivity index (χ2n) is 4.70. The molecule has 2 rings (SSSR count). The van der Waals surface area contributed by atoms with Crippen LogP contribution in [-0.2, 0) is 6.54 Å². The molecule has 5 nitrogen and oxygen atoms in total. The topological polar surface area (TPSA) is 86.8 Å². The number of carbonyl (C=O) groups excluding carboxylic acids is 1. The van der Waals surface area contributed by atoms with Gasteiger partial charge in [0.15, 0.2) is 11.5 Å². The van der Waals surface area contributed by atoms with Gasteiger partial charge in [-0.25, -0.2) is 0 Å². The molecule has 0 bridgehead atoms. The van der Waals surface area contributed by atoms with Crippen LogP contribution in [-0.4, -0.2) is 34.1 Å². The van der Waals surface area contributed by atoms with E-state index in [-0.39, 0.29) is 17.4 Å². The maximum absolute atomic E-state index is 12.5. The van der Waals surface area contributed by atoms with Crippen molar-refractivity contribution in [3.63, 3.8) is 0 Å². The van der Waals surface area contributed by atoms with Crippen LogP contribution in [0.1, 0.15) is 15.9 Å². The number of carbonyl (C=O) groups is 1. The standard InChI is InChI=1S/C16H18N2O3/c17-8-9-18(11-12-4-2-1-3-5-12)16(21)13-6-7-14(19)15(20)10-13/h1-7,10,19-20H,8-9,11,17H2. The zero-order chi connectivity index (χ0) is 15.2. The number of hydrogen-bond donors (Lipinski definition) is 3. The number of phenolic OH excluding ortho intramolecular Hbond substituents is 2. The normalized spacial score (nSPS) is 10.3. The maximum atomic E-state index is 12.5. The van der Waals surface area contributed by atoms with Gasteiger partial charge in [-0.15, -0.1) is 0 Å². The van der Waals surface area contributed by atoms with E-state index in [1.54, 1.807) is 4.90 Å². The summed E-state index contributed by atoms with van der Waals surface area (Å²) in [4.78, 5) is 14.1. The van der Waals surface area contributed by atoms with Gasteiger partial charge in [0.2, 0.25) is 0 Å². The fourth-order valence-electron chi connectivity index (χ4n) is 2.05. The Morgan fingerprint density at radius 3 is 2.38 bits per heavy atom. The van der Waals surface area contributed by atoms with Crippen LogP contribution in [0.4, 0.5) is 0 Å². The van der Waals surface area contributed by atoms with E-state index in [9.17, 15) is 15.0 Å². The second kappa shape index (κ2) is 6.76. The number of amides is 1. The van der Waals surface area contributed by atoms with Crippen LogP contribution in [0.25, 0.3) is 0 Å². The molecule has 2 aromatic rings. The van der Waals surface area contributed by atoms with Crippen LogP contribution in [0.15, 0.2) is 48.5 Å². The van der Waals surface area contributed by atoms with Gasteiger partial charge in [-0.05, 0) is 23.8 Å². The Labute approximate surface area is 123 Å². The fourth-order valence-corrected chi connectivity index (χ4v) is 2.05. The van der Waals surface area contributed by atoms with Crippen LogP contribution >= 0.6 is 0 Å². The number of rotatable bonds is 5. The predicted molar refractivity (Wildman–Crippen MR) is 80.0 cm³/mol. The lowest BCUT2D eigenvalue weighted by molar-refractivity contribution is 0.0748. The number of phenols is 2. The van der Waals surface area contributed by atoms with Gasteiger partial charge < -0.3 is 20.8 Å². The largest absolute Gasteiger partial charge is 0.504 e. The summed E-state index contributed by atoms with van der Waals surface area (Å²) >= 11 is 0. The molecule has 110 valence electrons. The minimum atomic E-state index is -0.312. The van der Waals surface area contributed by atoms with Gasteiger partial charge in [0.25, 0.3) is 5.91 Å². The fraction of sp³-hybridized carbons (Fsp3) is 0.188. The van der Waals surface area contributed by atoms with Crippen molar-refractivity contribution in [1.82, 2.24) is 4.90 Å². The summed E-state index contributed by atoms with van der Waals surface area (Å²) < 4.78 is 0. The van der Waals surface area contributed by atoms with Gasteiger partial charge in [-0.3, -0.25) is 4.79 Å². The van der Waals surface area contributed by atoms with E-state index in [0.29, 0.717) is 25.2 Å². The lowest BCUT2D eigenvalue weighted by atomic mass is 10.1. The quantitative estimate of drug-likeness (QED) is 0.730. The average Bonchev–Trinajstić information content (AvgIpc) is 2.50. The van der Waals surface area contributed by atoms with Crippen molar-refractivity contribution in [3.8, 4) is 11.5 Å². The Kier molecular flexibility index (Phi) is 4.79. The Hall–Kier alpha value is -2.53. The van der Waals surface area contributed by atoms with E-state index in [0.717, 1.165) is 5.56 Å². The molecule has 21 heavy (non-hydrogen) atoms. The molecule has 0 saturated heterocycles. The molecule has 0 aromatic heterocycles. The van der Waals surface area contributed by atoms with Crippen molar-refractivity contribution in [1.29, 1.82) is 0 Å². The third-order valence-electron chi connectivity index (χ3n) is 3.12. The Balaban J connectivity index is 2.20. The molecule has 0 heterocycles. The molecule has 2 aromatic carbocycles. The Morgan fingerprint density at radius 1 is 1.05 bits per heavy atom. The first-order valence-corrected chi connectivity index (χ1v) is 6.67. The van der Waals surface area contributed by atoms with Crippen molar-refractivity contribution in [2.24, 2.45) is 5.73 Å². The average molecular weight is 286 g/mol. The monoisotopic (exact) mass is 286 g/mol. The molecule has 0 aliphatic heterocycles. The molecule has 0 aliphatic rings. The van der Waals surface area contributed by atoms with Crippen LogP contribution < -0.4 is 5.73 Å². The number of aromatic hydroxyl groups is 2. The maximum Gasteiger partial charge on any atom is 0.254 e. The summed E-state index contributed by atoms with van der Waals surface area (Å²) in [6.07, 6.45) is 0. The molecule has 0 atom stereocenters. The van der Waals surface area contributed by atoms with E-state index >= 15 is 0 Å². The highest BCUT2D eigenvalue weighted by molar-refractivity contribution is 5.94. The lowest BCUT2D eigenvalue weighted by Crippen LogP contribution is -2.34. The zero-order valence-corrected chi connectivity index (χ0v) is 11.6. The first-order chi connectivity index (χ1) is 10.1. The summed E-state index contributed by atoms with van der Waals surface area (Å²) in [7, 11) is 0. The van der Waals surface area contributed by atoms with E-state index in [1.165, 1.54) is 18.2 Å². The predicted octanol–water partition coefficient (Wildman–Crippen LogP) is 1.70. The summed E-state index contributed by atoms with van der Waals surface area (Å²) in [5.41, 5.74) is 6.89. The third kappa shape index (κ3) is 3.73. The Morgan fingerprint density at radius 2 is 1.76 bits per heavy atom. The molecule has 1 amide bonds. The van der Waals surface area contributed by atoms with E-state index < -0.39 is 0 Å². The number of hydrogen-bond acceptors (Lipinski definition) is 4. The highest BCUT2D eigenvalue weighted by Gasteiger charge is 2.16. The molecule has 0 aliphatic carbocycles.